The Morgan fingerprint density at radius 1 is 1.28 bits per heavy atom. The number of benzene rings is 1. The molecular weight excluding hydrogens is 225 g/mol. The van der Waals surface area contributed by atoms with Gasteiger partial charge in [-0.25, -0.2) is 4.39 Å². The highest BCUT2D eigenvalue weighted by molar-refractivity contribution is 5.37. The van der Waals surface area contributed by atoms with Gasteiger partial charge in [-0.2, -0.15) is 0 Å². The van der Waals surface area contributed by atoms with Crippen LogP contribution in [0.2, 0.25) is 0 Å². The summed E-state index contributed by atoms with van der Waals surface area (Å²) in [6.07, 6.45) is 5.07. The van der Waals surface area contributed by atoms with E-state index < -0.39 is 0 Å². The molecule has 1 nitrogen and oxygen atoms in total. The van der Waals surface area contributed by atoms with Gasteiger partial charge in [-0.05, 0) is 68.0 Å². The number of nitrogens with one attached hydrogen (secondary N) is 1. The minimum atomic E-state index is -0.116. The molecule has 1 saturated carbocycles. The summed E-state index contributed by atoms with van der Waals surface area (Å²) in [5, 5.41) is 3.64. The maximum absolute atomic E-state index is 13.4. The van der Waals surface area contributed by atoms with E-state index in [0.29, 0.717) is 6.04 Å². The van der Waals surface area contributed by atoms with Crippen molar-refractivity contribution in [3.05, 3.63) is 34.6 Å². The van der Waals surface area contributed by atoms with Crippen molar-refractivity contribution in [3.63, 3.8) is 0 Å². The molecule has 0 heterocycles. The van der Waals surface area contributed by atoms with Gasteiger partial charge in [0.15, 0.2) is 0 Å². The molecule has 100 valence electrons. The predicted molar refractivity (Wildman–Crippen MR) is 74.2 cm³/mol. The minimum absolute atomic E-state index is 0.116. The normalized spacial score (nSPS) is 16.9. The Hall–Kier alpha value is -0.890. The van der Waals surface area contributed by atoms with Crippen LogP contribution in [0.25, 0.3) is 0 Å². The third kappa shape index (κ3) is 3.32. The fourth-order valence-corrected chi connectivity index (χ4v) is 2.78. The Morgan fingerprint density at radius 3 is 2.39 bits per heavy atom. The Morgan fingerprint density at radius 2 is 1.89 bits per heavy atom. The van der Waals surface area contributed by atoms with Gasteiger partial charge in [-0.3, -0.25) is 0 Å². The molecule has 1 aliphatic rings. The lowest BCUT2D eigenvalue weighted by Crippen LogP contribution is -2.24. The Labute approximate surface area is 110 Å². The van der Waals surface area contributed by atoms with Crippen LogP contribution < -0.4 is 5.32 Å². The topological polar surface area (TPSA) is 12.0 Å². The molecule has 1 atom stereocenters. The van der Waals surface area contributed by atoms with Crippen molar-refractivity contribution in [2.45, 2.75) is 52.5 Å². The van der Waals surface area contributed by atoms with E-state index in [1.54, 1.807) is 12.1 Å². The number of rotatable bonds is 6. The van der Waals surface area contributed by atoms with E-state index in [2.05, 4.69) is 12.2 Å². The lowest BCUT2D eigenvalue weighted by atomic mass is 9.92. The maximum atomic E-state index is 13.4. The van der Waals surface area contributed by atoms with E-state index in [1.165, 1.54) is 24.8 Å². The molecular formula is C16H24FN. The van der Waals surface area contributed by atoms with E-state index in [9.17, 15) is 4.39 Å². The van der Waals surface area contributed by atoms with Crippen molar-refractivity contribution < 1.29 is 4.39 Å². The van der Waals surface area contributed by atoms with Crippen LogP contribution in [-0.2, 0) is 0 Å². The molecule has 0 amide bonds. The fourth-order valence-electron chi connectivity index (χ4n) is 2.78. The highest BCUT2D eigenvalue weighted by Crippen LogP contribution is 2.39. The predicted octanol–water partition coefficient (Wildman–Crippen LogP) is 4.28. The Bertz CT molecular complexity index is 387. The summed E-state index contributed by atoms with van der Waals surface area (Å²) in [7, 11) is 0. The van der Waals surface area contributed by atoms with E-state index >= 15 is 0 Å². The molecule has 0 radical (unpaired) electrons. The summed E-state index contributed by atoms with van der Waals surface area (Å²) in [4.78, 5) is 0. The van der Waals surface area contributed by atoms with Gasteiger partial charge >= 0.3 is 0 Å². The molecule has 1 unspecified atom stereocenters. The van der Waals surface area contributed by atoms with Gasteiger partial charge in [0, 0.05) is 6.04 Å². The van der Waals surface area contributed by atoms with Crippen molar-refractivity contribution in [1.29, 1.82) is 0 Å². The van der Waals surface area contributed by atoms with Crippen molar-refractivity contribution in [2.24, 2.45) is 5.92 Å². The third-order valence-electron chi connectivity index (χ3n) is 3.81. The molecule has 1 N–H and O–H groups in total. The molecule has 0 aromatic heterocycles. The highest BCUT2D eigenvalue weighted by Gasteiger charge is 2.27. The van der Waals surface area contributed by atoms with Crippen LogP contribution >= 0.6 is 0 Å². The smallest absolute Gasteiger partial charge is 0.123 e. The zero-order chi connectivity index (χ0) is 13.1. The number of hydrogen-bond donors (Lipinski definition) is 1. The first kappa shape index (κ1) is 13.5. The molecule has 2 heteroatoms. The van der Waals surface area contributed by atoms with E-state index in [0.717, 1.165) is 30.0 Å². The van der Waals surface area contributed by atoms with Crippen molar-refractivity contribution in [3.8, 4) is 0 Å². The standard InChI is InChI=1S/C16H24FN/c1-4-7-18-15(10-13-5-6-13)16-11(2)8-14(17)9-12(16)3/h8-9,13,15,18H,4-7,10H2,1-3H3. The monoisotopic (exact) mass is 249 g/mol. The van der Waals surface area contributed by atoms with E-state index in [-0.39, 0.29) is 5.82 Å². The molecule has 1 fully saturated rings. The van der Waals surface area contributed by atoms with Gasteiger partial charge in [0.1, 0.15) is 5.82 Å². The first-order valence-corrected chi connectivity index (χ1v) is 7.11. The number of halogens is 1. The average Bonchev–Trinajstić information content (AvgIpc) is 3.08. The van der Waals surface area contributed by atoms with Gasteiger partial charge in [-0.1, -0.05) is 19.8 Å². The van der Waals surface area contributed by atoms with Crippen molar-refractivity contribution >= 4 is 0 Å². The van der Waals surface area contributed by atoms with Gasteiger partial charge in [0.05, 0.1) is 0 Å². The summed E-state index contributed by atoms with van der Waals surface area (Å²) in [6, 6.07) is 3.73. The largest absolute Gasteiger partial charge is 0.310 e. The lowest BCUT2D eigenvalue weighted by molar-refractivity contribution is 0.469. The molecule has 0 bridgehead atoms. The Balaban J connectivity index is 2.22. The van der Waals surface area contributed by atoms with Gasteiger partial charge in [0.2, 0.25) is 0 Å². The lowest BCUT2D eigenvalue weighted by Gasteiger charge is -2.23. The first-order valence-electron chi connectivity index (χ1n) is 7.11. The quantitative estimate of drug-likeness (QED) is 0.793. The first-order chi connectivity index (χ1) is 8.61. The SMILES string of the molecule is CCCNC(CC1CC1)c1c(C)cc(F)cc1C. The summed E-state index contributed by atoms with van der Waals surface area (Å²) in [5.41, 5.74) is 3.49. The molecule has 0 aliphatic heterocycles. The minimum Gasteiger partial charge on any atom is -0.310 e. The van der Waals surface area contributed by atoms with E-state index in [4.69, 9.17) is 0 Å². The van der Waals surface area contributed by atoms with Crippen LogP contribution in [0.15, 0.2) is 12.1 Å². The zero-order valence-corrected chi connectivity index (χ0v) is 11.7. The van der Waals surface area contributed by atoms with Crippen molar-refractivity contribution in [2.75, 3.05) is 6.54 Å². The molecule has 0 spiro atoms. The second-order valence-electron chi connectivity index (χ2n) is 5.64. The van der Waals surface area contributed by atoms with Crippen LogP contribution in [-0.4, -0.2) is 6.54 Å². The fraction of sp³-hybridized carbons (Fsp3) is 0.625. The molecule has 1 aliphatic carbocycles. The van der Waals surface area contributed by atoms with Gasteiger partial charge < -0.3 is 5.32 Å². The van der Waals surface area contributed by atoms with Crippen LogP contribution in [0.4, 0.5) is 4.39 Å². The van der Waals surface area contributed by atoms with E-state index in [1.807, 2.05) is 13.8 Å². The molecule has 18 heavy (non-hydrogen) atoms. The summed E-state index contributed by atoms with van der Waals surface area (Å²) < 4.78 is 13.4. The van der Waals surface area contributed by atoms with Crippen LogP contribution in [0.5, 0.6) is 0 Å². The molecule has 2 rings (SSSR count). The second-order valence-corrected chi connectivity index (χ2v) is 5.64. The van der Waals surface area contributed by atoms with Crippen molar-refractivity contribution in [1.82, 2.24) is 5.32 Å². The third-order valence-corrected chi connectivity index (χ3v) is 3.81. The number of hydrogen-bond acceptors (Lipinski definition) is 1. The van der Waals surface area contributed by atoms with Gasteiger partial charge in [-0.15, -0.1) is 0 Å². The van der Waals surface area contributed by atoms with Crippen LogP contribution in [0.1, 0.15) is 55.3 Å². The summed E-state index contributed by atoms with van der Waals surface area (Å²) in [5.74, 6) is 0.762. The molecule has 1 aromatic rings. The van der Waals surface area contributed by atoms with Gasteiger partial charge in [0.25, 0.3) is 0 Å². The summed E-state index contributed by atoms with van der Waals surface area (Å²) in [6.45, 7) is 7.27. The second kappa shape index (κ2) is 5.83. The van der Waals surface area contributed by atoms with Crippen LogP contribution in [0.3, 0.4) is 0 Å². The highest BCUT2D eigenvalue weighted by atomic mass is 19.1. The molecule has 0 saturated heterocycles. The van der Waals surface area contributed by atoms with Crippen LogP contribution in [0, 0.1) is 25.6 Å². The summed E-state index contributed by atoms with van der Waals surface area (Å²) >= 11 is 0. The maximum Gasteiger partial charge on any atom is 0.123 e. The Kier molecular flexibility index (Phi) is 4.39. The zero-order valence-electron chi connectivity index (χ0n) is 11.7. The molecule has 1 aromatic carbocycles. The average molecular weight is 249 g/mol. The number of aryl methyl sites for hydroxylation is 2.